The van der Waals surface area contributed by atoms with Gasteiger partial charge in [-0.2, -0.15) is 0 Å². The molecule has 1 aromatic carbocycles. The van der Waals surface area contributed by atoms with Crippen LogP contribution < -0.4 is 10.6 Å². The van der Waals surface area contributed by atoms with E-state index in [-0.39, 0.29) is 11.6 Å². The molecule has 4 nitrogen and oxygen atoms in total. The van der Waals surface area contributed by atoms with Crippen molar-refractivity contribution in [3.05, 3.63) is 33.8 Å². The van der Waals surface area contributed by atoms with Crippen LogP contribution in [-0.2, 0) is 11.2 Å². The van der Waals surface area contributed by atoms with Gasteiger partial charge in [-0.3, -0.25) is 0 Å². The van der Waals surface area contributed by atoms with Gasteiger partial charge in [-0.25, -0.2) is 4.79 Å². The Bertz CT molecular complexity index is 606. The summed E-state index contributed by atoms with van der Waals surface area (Å²) in [7, 11) is 0. The number of hydrogen-bond donors (Lipinski definition) is 2. The van der Waals surface area contributed by atoms with Gasteiger partial charge in [0, 0.05) is 17.1 Å². The molecular weight excluding hydrogens is 380 g/mol. The molecule has 0 aromatic heterocycles. The van der Waals surface area contributed by atoms with Crippen LogP contribution in [0.2, 0.25) is 0 Å². The number of fused-ring (bicyclic) bond motifs is 1. The van der Waals surface area contributed by atoms with E-state index in [1.54, 1.807) is 0 Å². The zero-order valence-corrected chi connectivity index (χ0v) is 17.6. The molecule has 5 heteroatoms. The Labute approximate surface area is 160 Å². The number of ether oxygens (including phenoxy) is 1. The third kappa shape index (κ3) is 5.20. The first-order valence-corrected chi connectivity index (χ1v) is 10.0. The molecule has 1 unspecified atom stereocenters. The minimum atomic E-state index is -0.485. The van der Waals surface area contributed by atoms with E-state index in [0.29, 0.717) is 6.04 Å². The Balaban J connectivity index is 2.03. The largest absolute Gasteiger partial charge is 0.444 e. The third-order valence-electron chi connectivity index (χ3n) is 5.02. The molecule has 0 bridgehead atoms. The van der Waals surface area contributed by atoms with Crippen LogP contribution in [0.15, 0.2) is 22.7 Å². The molecule has 1 atom stereocenters. The van der Waals surface area contributed by atoms with Gasteiger partial charge in [-0.15, -0.1) is 0 Å². The highest BCUT2D eigenvalue weighted by Gasteiger charge is 2.32. The minimum absolute atomic E-state index is 0.295. The van der Waals surface area contributed by atoms with Gasteiger partial charge in [0.05, 0.1) is 5.54 Å². The quantitative estimate of drug-likeness (QED) is 0.684. The lowest BCUT2D eigenvalue weighted by Crippen LogP contribution is -2.55. The van der Waals surface area contributed by atoms with Gasteiger partial charge in [-0.05, 0) is 63.6 Å². The van der Waals surface area contributed by atoms with E-state index < -0.39 is 5.60 Å². The van der Waals surface area contributed by atoms with Crippen molar-refractivity contribution in [1.82, 2.24) is 10.6 Å². The number of benzene rings is 1. The van der Waals surface area contributed by atoms with Crippen LogP contribution in [0.5, 0.6) is 0 Å². The molecule has 2 rings (SSSR count). The Morgan fingerprint density at radius 3 is 2.56 bits per heavy atom. The fourth-order valence-electron chi connectivity index (χ4n) is 3.38. The summed E-state index contributed by atoms with van der Waals surface area (Å²) in [6.45, 7) is 10.6. The van der Waals surface area contributed by atoms with Gasteiger partial charge in [0.15, 0.2) is 0 Å². The lowest BCUT2D eigenvalue weighted by Gasteiger charge is -2.35. The molecule has 1 aromatic rings. The van der Waals surface area contributed by atoms with Crippen molar-refractivity contribution in [2.75, 3.05) is 6.54 Å². The van der Waals surface area contributed by atoms with Crippen LogP contribution in [-0.4, -0.2) is 23.8 Å². The van der Waals surface area contributed by atoms with E-state index in [1.807, 2.05) is 20.8 Å². The molecule has 0 saturated carbocycles. The van der Waals surface area contributed by atoms with E-state index in [0.717, 1.165) is 32.2 Å². The van der Waals surface area contributed by atoms with Crippen LogP contribution in [0.4, 0.5) is 4.79 Å². The monoisotopic (exact) mass is 410 g/mol. The maximum atomic E-state index is 12.3. The van der Waals surface area contributed by atoms with Crippen LogP contribution in [0.25, 0.3) is 0 Å². The predicted octanol–water partition coefficient (Wildman–Crippen LogP) is 5.11. The summed E-state index contributed by atoms with van der Waals surface area (Å²) >= 11 is 3.65. The molecule has 0 heterocycles. The van der Waals surface area contributed by atoms with E-state index in [1.165, 1.54) is 15.6 Å². The number of hydrogen-bond acceptors (Lipinski definition) is 3. The second kappa shape index (κ2) is 8.09. The molecule has 1 amide bonds. The Morgan fingerprint density at radius 1 is 1.28 bits per heavy atom. The maximum absolute atomic E-state index is 12.3. The van der Waals surface area contributed by atoms with E-state index in [2.05, 4.69) is 58.6 Å². The average Bonchev–Trinajstić information content (AvgIpc) is 2.94. The van der Waals surface area contributed by atoms with Gasteiger partial charge >= 0.3 is 6.09 Å². The molecule has 25 heavy (non-hydrogen) atoms. The standard InChI is InChI=1S/C20H31BrN2O2/c1-6-20(7-2,23-18(24)25-19(3,4)5)13-22-17-12-11-14-15(17)9-8-10-16(14)21/h8-10,17,22H,6-7,11-13H2,1-5H3,(H,23,24). The minimum Gasteiger partial charge on any atom is -0.444 e. The number of alkyl carbamates (subject to hydrolysis) is 1. The van der Waals surface area contributed by atoms with Crippen molar-refractivity contribution in [3.63, 3.8) is 0 Å². The first kappa shape index (κ1) is 20.2. The summed E-state index contributed by atoms with van der Waals surface area (Å²) in [5.41, 5.74) is 1.99. The van der Waals surface area contributed by atoms with Gasteiger partial charge < -0.3 is 15.4 Å². The molecule has 0 fully saturated rings. The van der Waals surface area contributed by atoms with E-state index >= 15 is 0 Å². The summed E-state index contributed by atoms with van der Waals surface area (Å²) in [6.07, 6.45) is 3.54. The predicted molar refractivity (Wildman–Crippen MR) is 106 cm³/mol. The topological polar surface area (TPSA) is 50.4 Å². The molecule has 140 valence electrons. The fourth-order valence-corrected chi connectivity index (χ4v) is 3.96. The highest BCUT2D eigenvalue weighted by molar-refractivity contribution is 9.10. The highest BCUT2D eigenvalue weighted by Crippen LogP contribution is 2.35. The summed E-state index contributed by atoms with van der Waals surface area (Å²) in [5.74, 6) is 0. The first-order valence-electron chi connectivity index (χ1n) is 9.21. The van der Waals surface area contributed by atoms with Gasteiger partial charge in [-0.1, -0.05) is 41.9 Å². The van der Waals surface area contributed by atoms with Crippen LogP contribution >= 0.6 is 15.9 Å². The summed E-state index contributed by atoms with van der Waals surface area (Å²) < 4.78 is 6.65. The van der Waals surface area contributed by atoms with Crippen molar-refractivity contribution in [2.24, 2.45) is 0 Å². The SMILES string of the molecule is CCC(CC)(CNC1CCc2c(Br)cccc21)NC(=O)OC(C)(C)C. The van der Waals surface area contributed by atoms with Crippen molar-refractivity contribution in [3.8, 4) is 0 Å². The number of carbonyl (C=O) groups excluding carboxylic acids is 1. The maximum Gasteiger partial charge on any atom is 0.408 e. The van der Waals surface area contributed by atoms with Crippen molar-refractivity contribution in [1.29, 1.82) is 0 Å². The number of halogens is 1. The Kier molecular flexibility index (Phi) is 6.55. The second-order valence-electron chi connectivity index (χ2n) is 7.89. The van der Waals surface area contributed by atoms with Crippen LogP contribution in [0.1, 0.15) is 71.0 Å². The normalized spacial score (nSPS) is 17.3. The molecular formula is C20H31BrN2O2. The summed E-state index contributed by atoms with van der Waals surface area (Å²) in [6, 6.07) is 6.74. The number of nitrogens with one attached hydrogen (secondary N) is 2. The molecule has 0 aliphatic heterocycles. The van der Waals surface area contributed by atoms with Crippen molar-refractivity contribution >= 4 is 22.0 Å². The van der Waals surface area contributed by atoms with Gasteiger partial charge in [0.1, 0.15) is 5.60 Å². The molecule has 0 radical (unpaired) electrons. The van der Waals surface area contributed by atoms with Gasteiger partial charge in [0.2, 0.25) is 0 Å². The van der Waals surface area contributed by atoms with E-state index in [4.69, 9.17) is 4.74 Å². The van der Waals surface area contributed by atoms with Crippen LogP contribution in [0.3, 0.4) is 0 Å². The number of carbonyl (C=O) groups is 1. The molecule has 0 saturated heterocycles. The first-order chi connectivity index (χ1) is 11.7. The Morgan fingerprint density at radius 2 is 1.96 bits per heavy atom. The van der Waals surface area contributed by atoms with Crippen molar-refractivity contribution in [2.45, 2.75) is 77.5 Å². The number of amides is 1. The van der Waals surface area contributed by atoms with Crippen LogP contribution in [0, 0.1) is 0 Å². The zero-order valence-electron chi connectivity index (χ0n) is 16.0. The zero-order chi connectivity index (χ0) is 18.7. The lowest BCUT2D eigenvalue weighted by atomic mass is 9.92. The summed E-state index contributed by atoms with van der Waals surface area (Å²) in [4.78, 5) is 12.3. The smallest absolute Gasteiger partial charge is 0.408 e. The number of rotatable bonds is 6. The second-order valence-corrected chi connectivity index (χ2v) is 8.75. The fraction of sp³-hybridized carbons (Fsp3) is 0.650. The molecule has 0 spiro atoms. The van der Waals surface area contributed by atoms with E-state index in [9.17, 15) is 4.79 Å². The van der Waals surface area contributed by atoms with Crippen molar-refractivity contribution < 1.29 is 9.53 Å². The summed E-state index contributed by atoms with van der Waals surface area (Å²) in [5, 5.41) is 6.80. The highest BCUT2D eigenvalue weighted by atomic mass is 79.9. The molecule has 2 N–H and O–H groups in total. The third-order valence-corrected chi connectivity index (χ3v) is 5.76. The Hall–Kier alpha value is -1.07. The van der Waals surface area contributed by atoms with Gasteiger partial charge in [0.25, 0.3) is 0 Å². The molecule has 1 aliphatic carbocycles. The lowest BCUT2D eigenvalue weighted by molar-refractivity contribution is 0.0444. The average molecular weight is 411 g/mol. The molecule has 1 aliphatic rings.